The minimum atomic E-state index is -0.715. The van der Waals surface area contributed by atoms with Crippen LogP contribution in [-0.2, 0) is 11.3 Å². The Morgan fingerprint density at radius 2 is 2.20 bits per heavy atom. The van der Waals surface area contributed by atoms with Crippen molar-refractivity contribution in [1.29, 1.82) is 0 Å². The number of aliphatic carboxylic acids is 1. The number of ether oxygens (including phenoxy) is 2. The van der Waals surface area contributed by atoms with Crippen molar-refractivity contribution in [1.82, 2.24) is 4.90 Å². The fourth-order valence-corrected chi connectivity index (χ4v) is 2.98. The van der Waals surface area contributed by atoms with Gasteiger partial charge in [-0.05, 0) is 30.7 Å². The standard InChI is InChI=1S/C14H16ClNO4/c15-11-5-9(6-12-13(11)20-4-3-19-12)7-16-2-1-10(8-16)14(17)18/h5-6,10H,1-4,7-8H2,(H,17,18)/t10-/m0/s1. The van der Waals surface area contributed by atoms with Gasteiger partial charge in [-0.3, -0.25) is 9.69 Å². The average Bonchev–Trinajstić information content (AvgIpc) is 2.87. The summed E-state index contributed by atoms with van der Waals surface area (Å²) in [6, 6.07) is 3.79. The highest BCUT2D eigenvalue weighted by molar-refractivity contribution is 6.32. The molecule has 5 nitrogen and oxygen atoms in total. The van der Waals surface area contributed by atoms with Crippen LogP contribution in [0.15, 0.2) is 12.1 Å². The van der Waals surface area contributed by atoms with Crippen LogP contribution in [-0.4, -0.2) is 42.3 Å². The van der Waals surface area contributed by atoms with Crippen molar-refractivity contribution in [3.05, 3.63) is 22.7 Å². The third-order valence-corrected chi connectivity index (χ3v) is 3.97. The second kappa shape index (κ2) is 5.50. The first-order valence-corrected chi connectivity index (χ1v) is 7.04. The highest BCUT2D eigenvalue weighted by atomic mass is 35.5. The Labute approximate surface area is 122 Å². The number of carbonyl (C=O) groups is 1. The molecule has 0 aromatic heterocycles. The third-order valence-electron chi connectivity index (χ3n) is 3.68. The number of rotatable bonds is 3. The normalized spacial score (nSPS) is 21.9. The largest absolute Gasteiger partial charge is 0.486 e. The summed E-state index contributed by atoms with van der Waals surface area (Å²) in [7, 11) is 0. The van der Waals surface area contributed by atoms with Crippen LogP contribution in [0.3, 0.4) is 0 Å². The van der Waals surface area contributed by atoms with E-state index in [9.17, 15) is 4.79 Å². The van der Waals surface area contributed by atoms with E-state index in [1.165, 1.54) is 0 Å². The van der Waals surface area contributed by atoms with E-state index in [1.54, 1.807) is 0 Å². The van der Waals surface area contributed by atoms with Crippen LogP contribution in [0.1, 0.15) is 12.0 Å². The summed E-state index contributed by atoms with van der Waals surface area (Å²) in [5, 5.41) is 9.56. The monoisotopic (exact) mass is 297 g/mol. The molecule has 20 heavy (non-hydrogen) atoms. The quantitative estimate of drug-likeness (QED) is 0.925. The molecule has 1 fully saturated rings. The number of nitrogens with zero attached hydrogens (tertiary/aromatic N) is 1. The summed E-state index contributed by atoms with van der Waals surface area (Å²) >= 11 is 6.19. The predicted octanol–water partition coefficient (Wildman–Crippen LogP) is 2.02. The number of fused-ring (bicyclic) bond motifs is 1. The molecule has 0 bridgehead atoms. The van der Waals surface area contributed by atoms with Crippen LogP contribution in [0.5, 0.6) is 11.5 Å². The lowest BCUT2D eigenvalue weighted by Gasteiger charge is -2.22. The minimum Gasteiger partial charge on any atom is -0.486 e. The first-order chi connectivity index (χ1) is 9.63. The van der Waals surface area contributed by atoms with Gasteiger partial charge >= 0.3 is 5.97 Å². The van der Waals surface area contributed by atoms with E-state index in [4.69, 9.17) is 26.2 Å². The number of hydrogen-bond donors (Lipinski definition) is 1. The van der Waals surface area contributed by atoms with Gasteiger partial charge in [0.2, 0.25) is 0 Å². The Balaban J connectivity index is 1.72. The van der Waals surface area contributed by atoms with E-state index in [0.717, 1.165) is 12.1 Å². The molecule has 2 aliphatic heterocycles. The fraction of sp³-hybridized carbons (Fsp3) is 0.500. The van der Waals surface area contributed by atoms with Crippen molar-refractivity contribution in [2.75, 3.05) is 26.3 Å². The molecule has 1 aromatic carbocycles. The molecular formula is C14H16ClNO4. The topological polar surface area (TPSA) is 59.0 Å². The van der Waals surface area contributed by atoms with Crippen molar-refractivity contribution >= 4 is 17.6 Å². The smallest absolute Gasteiger partial charge is 0.307 e. The van der Waals surface area contributed by atoms with Gasteiger partial charge < -0.3 is 14.6 Å². The molecule has 0 unspecified atom stereocenters. The second-order valence-electron chi connectivity index (χ2n) is 5.16. The molecule has 1 atom stereocenters. The lowest BCUT2D eigenvalue weighted by Crippen LogP contribution is -2.23. The van der Waals surface area contributed by atoms with Gasteiger partial charge in [-0.25, -0.2) is 0 Å². The van der Waals surface area contributed by atoms with E-state index in [-0.39, 0.29) is 5.92 Å². The van der Waals surface area contributed by atoms with Crippen LogP contribution >= 0.6 is 11.6 Å². The molecule has 0 radical (unpaired) electrons. The Bertz CT molecular complexity index is 534. The summed E-state index contributed by atoms with van der Waals surface area (Å²) in [6.45, 7) is 3.10. The third kappa shape index (κ3) is 2.69. The molecule has 1 saturated heterocycles. The maximum Gasteiger partial charge on any atom is 0.307 e. The molecule has 0 amide bonds. The van der Waals surface area contributed by atoms with Crippen molar-refractivity contribution < 1.29 is 19.4 Å². The van der Waals surface area contributed by atoms with Gasteiger partial charge in [0, 0.05) is 13.1 Å². The predicted molar refractivity (Wildman–Crippen MR) is 73.5 cm³/mol. The maximum absolute atomic E-state index is 11.0. The molecule has 0 spiro atoms. The summed E-state index contributed by atoms with van der Waals surface area (Å²) < 4.78 is 11.0. The molecule has 0 saturated carbocycles. The molecule has 2 heterocycles. The number of likely N-dealkylation sites (tertiary alicyclic amines) is 1. The van der Waals surface area contributed by atoms with Crippen LogP contribution in [0, 0.1) is 5.92 Å². The SMILES string of the molecule is O=C(O)[C@H]1CCN(Cc2cc(Cl)c3c(c2)OCCO3)C1. The number of halogens is 1. The lowest BCUT2D eigenvalue weighted by molar-refractivity contribution is -0.141. The fourth-order valence-electron chi connectivity index (χ4n) is 2.69. The van der Waals surface area contributed by atoms with Crippen molar-refractivity contribution in [3.8, 4) is 11.5 Å². The molecule has 6 heteroatoms. The Hall–Kier alpha value is -1.46. The molecule has 0 aliphatic carbocycles. The summed E-state index contributed by atoms with van der Waals surface area (Å²) in [4.78, 5) is 13.1. The number of carboxylic acids is 1. The first kappa shape index (κ1) is 13.5. The van der Waals surface area contributed by atoms with Crippen LogP contribution in [0.4, 0.5) is 0 Å². The number of hydrogen-bond acceptors (Lipinski definition) is 4. The van der Waals surface area contributed by atoms with Crippen LogP contribution in [0.25, 0.3) is 0 Å². The van der Waals surface area contributed by atoms with Gasteiger partial charge in [-0.2, -0.15) is 0 Å². The summed E-state index contributed by atoms with van der Waals surface area (Å²) in [5.41, 5.74) is 1.02. The molecule has 2 aliphatic rings. The van der Waals surface area contributed by atoms with Crippen molar-refractivity contribution in [3.63, 3.8) is 0 Å². The van der Waals surface area contributed by atoms with Gasteiger partial charge in [-0.1, -0.05) is 11.6 Å². The molecule has 1 N–H and O–H groups in total. The van der Waals surface area contributed by atoms with Crippen LogP contribution < -0.4 is 9.47 Å². The summed E-state index contributed by atoms with van der Waals surface area (Å²) in [6.07, 6.45) is 0.702. The zero-order chi connectivity index (χ0) is 14.1. The Kier molecular flexibility index (Phi) is 3.72. The van der Waals surface area contributed by atoms with Gasteiger partial charge in [0.25, 0.3) is 0 Å². The average molecular weight is 298 g/mol. The van der Waals surface area contributed by atoms with E-state index in [0.29, 0.717) is 49.2 Å². The van der Waals surface area contributed by atoms with E-state index in [2.05, 4.69) is 4.90 Å². The zero-order valence-corrected chi connectivity index (χ0v) is 11.7. The lowest BCUT2D eigenvalue weighted by atomic mass is 10.1. The molecule has 108 valence electrons. The number of carboxylic acid groups (broad SMARTS) is 1. The zero-order valence-electron chi connectivity index (χ0n) is 11.0. The van der Waals surface area contributed by atoms with E-state index in [1.807, 2.05) is 12.1 Å². The highest BCUT2D eigenvalue weighted by Crippen LogP contribution is 2.38. The molecular weight excluding hydrogens is 282 g/mol. The van der Waals surface area contributed by atoms with Gasteiger partial charge in [-0.15, -0.1) is 0 Å². The van der Waals surface area contributed by atoms with Crippen LogP contribution in [0.2, 0.25) is 5.02 Å². The van der Waals surface area contributed by atoms with Gasteiger partial charge in [0.05, 0.1) is 10.9 Å². The van der Waals surface area contributed by atoms with E-state index >= 15 is 0 Å². The van der Waals surface area contributed by atoms with E-state index < -0.39 is 5.97 Å². The highest BCUT2D eigenvalue weighted by Gasteiger charge is 2.28. The Morgan fingerprint density at radius 1 is 1.40 bits per heavy atom. The number of benzene rings is 1. The van der Waals surface area contributed by atoms with Crippen molar-refractivity contribution in [2.45, 2.75) is 13.0 Å². The maximum atomic E-state index is 11.0. The minimum absolute atomic E-state index is 0.261. The first-order valence-electron chi connectivity index (χ1n) is 6.66. The summed E-state index contributed by atoms with van der Waals surface area (Å²) in [5.74, 6) is 0.301. The second-order valence-corrected chi connectivity index (χ2v) is 5.57. The Morgan fingerprint density at radius 3 is 2.95 bits per heavy atom. The van der Waals surface area contributed by atoms with Gasteiger partial charge in [0.15, 0.2) is 11.5 Å². The molecule has 3 rings (SSSR count). The van der Waals surface area contributed by atoms with Crippen molar-refractivity contribution in [2.24, 2.45) is 5.92 Å². The van der Waals surface area contributed by atoms with Gasteiger partial charge in [0.1, 0.15) is 13.2 Å². The molecule has 1 aromatic rings.